The van der Waals surface area contributed by atoms with Crippen LogP contribution in [0.1, 0.15) is 36.9 Å². The molecule has 1 aliphatic heterocycles. The molecule has 0 saturated carbocycles. The molecule has 9 heteroatoms. The Balaban J connectivity index is 1.93. The second kappa shape index (κ2) is 11.4. The van der Waals surface area contributed by atoms with Crippen LogP contribution in [0.25, 0.3) is 0 Å². The highest BCUT2D eigenvalue weighted by Crippen LogP contribution is 2.39. The second-order valence-corrected chi connectivity index (χ2v) is 7.93. The van der Waals surface area contributed by atoms with Gasteiger partial charge >= 0.3 is 6.03 Å². The molecule has 182 valence electrons. The van der Waals surface area contributed by atoms with Crippen molar-refractivity contribution in [2.24, 2.45) is 5.10 Å². The monoisotopic (exact) mass is 468 g/mol. The predicted octanol–water partition coefficient (Wildman–Crippen LogP) is 3.44. The zero-order valence-corrected chi connectivity index (χ0v) is 20.3. The van der Waals surface area contributed by atoms with Gasteiger partial charge in [-0.1, -0.05) is 6.92 Å². The van der Waals surface area contributed by atoms with Gasteiger partial charge in [-0.25, -0.2) is 9.80 Å². The largest absolute Gasteiger partial charge is 0.497 e. The predicted molar refractivity (Wildman–Crippen MR) is 130 cm³/mol. The lowest BCUT2D eigenvalue weighted by atomic mass is 9.97. The van der Waals surface area contributed by atoms with Crippen molar-refractivity contribution in [3.8, 4) is 17.2 Å². The molecule has 2 aromatic rings. The average molecular weight is 469 g/mol. The van der Waals surface area contributed by atoms with E-state index in [2.05, 4.69) is 10.4 Å². The van der Waals surface area contributed by atoms with Gasteiger partial charge in [-0.05, 0) is 54.4 Å². The number of hydrazone groups is 1. The fourth-order valence-electron chi connectivity index (χ4n) is 3.75. The van der Waals surface area contributed by atoms with Gasteiger partial charge in [0, 0.05) is 25.6 Å². The standard InChI is InChI=1S/C25H32N4O5/c1-6-13-26-25(31)28(2)16-24(30)29-22(20-14-19(33-4)11-12-23(20)34-5)15-21(27-29)17-7-9-18(32-3)10-8-17/h7-12,14,22H,6,13,15-16H2,1-5H3,(H,26,31). The Morgan fingerprint density at radius 2 is 1.74 bits per heavy atom. The summed E-state index contributed by atoms with van der Waals surface area (Å²) in [5.74, 6) is 1.72. The number of likely N-dealkylation sites (N-methyl/N-ethyl adjacent to an activating group) is 1. The van der Waals surface area contributed by atoms with Crippen molar-refractivity contribution in [1.82, 2.24) is 15.2 Å². The Bertz CT molecular complexity index is 1040. The zero-order chi connectivity index (χ0) is 24.7. The lowest BCUT2D eigenvalue weighted by molar-refractivity contribution is -0.133. The van der Waals surface area contributed by atoms with E-state index in [1.165, 1.54) is 9.91 Å². The molecular formula is C25H32N4O5. The van der Waals surface area contributed by atoms with Gasteiger partial charge in [0.25, 0.3) is 5.91 Å². The molecule has 3 amide bonds. The minimum absolute atomic E-state index is 0.113. The highest BCUT2D eigenvalue weighted by Gasteiger charge is 2.35. The number of nitrogens with one attached hydrogen (secondary N) is 1. The second-order valence-electron chi connectivity index (χ2n) is 7.93. The van der Waals surface area contributed by atoms with Crippen LogP contribution in [0.5, 0.6) is 17.2 Å². The van der Waals surface area contributed by atoms with Gasteiger partial charge in [0.2, 0.25) is 0 Å². The number of rotatable bonds is 9. The van der Waals surface area contributed by atoms with Crippen molar-refractivity contribution in [3.05, 3.63) is 53.6 Å². The summed E-state index contributed by atoms with van der Waals surface area (Å²) in [6.07, 6.45) is 1.29. The molecule has 9 nitrogen and oxygen atoms in total. The summed E-state index contributed by atoms with van der Waals surface area (Å²) in [5.41, 5.74) is 2.42. The van der Waals surface area contributed by atoms with Crippen LogP contribution < -0.4 is 19.5 Å². The molecule has 0 spiro atoms. The highest BCUT2D eigenvalue weighted by atomic mass is 16.5. The Labute approximate surface area is 200 Å². The van der Waals surface area contributed by atoms with E-state index in [0.29, 0.717) is 24.5 Å². The molecule has 1 aliphatic rings. The fourth-order valence-corrected chi connectivity index (χ4v) is 3.75. The summed E-state index contributed by atoms with van der Waals surface area (Å²) < 4.78 is 16.2. The van der Waals surface area contributed by atoms with Gasteiger partial charge in [0.1, 0.15) is 23.8 Å². The van der Waals surface area contributed by atoms with E-state index in [-0.39, 0.29) is 18.5 Å². The van der Waals surface area contributed by atoms with Crippen LogP contribution in [-0.2, 0) is 4.79 Å². The molecule has 1 heterocycles. The summed E-state index contributed by atoms with van der Waals surface area (Å²) in [5, 5.41) is 8.91. The number of nitrogens with zero attached hydrogens (tertiary/aromatic N) is 3. The SMILES string of the molecule is CCCNC(=O)N(C)CC(=O)N1N=C(c2ccc(OC)cc2)CC1c1cc(OC)ccc1OC. The van der Waals surface area contributed by atoms with Crippen LogP contribution in [0, 0.1) is 0 Å². The van der Waals surface area contributed by atoms with Crippen molar-refractivity contribution in [2.45, 2.75) is 25.8 Å². The van der Waals surface area contributed by atoms with E-state index >= 15 is 0 Å². The molecular weight excluding hydrogens is 436 g/mol. The first-order chi connectivity index (χ1) is 16.4. The van der Waals surface area contributed by atoms with Gasteiger partial charge in [-0.2, -0.15) is 5.10 Å². The van der Waals surface area contributed by atoms with E-state index in [0.717, 1.165) is 29.0 Å². The maximum absolute atomic E-state index is 13.4. The van der Waals surface area contributed by atoms with Crippen LogP contribution in [-0.4, -0.2) is 69.0 Å². The Hall–Kier alpha value is -3.75. The third-order valence-electron chi connectivity index (χ3n) is 5.63. The molecule has 0 saturated heterocycles. The fraction of sp³-hybridized carbons (Fsp3) is 0.400. The number of benzene rings is 2. The molecule has 1 unspecified atom stereocenters. The summed E-state index contributed by atoms with van der Waals surface area (Å²) in [7, 11) is 6.38. The zero-order valence-electron chi connectivity index (χ0n) is 20.3. The number of ether oxygens (including phenoxy) is 3. The third-order valence-corrected chi connectivity index (χ3v) is 5.63. The van der Waals surface area contributed by atoms with E-state index in [4.69, 9.17) is 14.2 Å². The van der Waals surface area contributed by atoms with Crippen molar-refractivity contribution in [3.63, 3.8) is 0 Å². The third kappa shape index (κ3) is 5.59. The summed E-state index contributed by atoms with van der Waals surface area (Å²) >= 11 is 0. The number of amides is 3. The smallest absolute Gasteiger partial charge is 0.317 e. The first kappa shape index (κ1) is 24.9. The molecule has 1 N–H and O–H groups in total. The number of hydrogen-bond donors (Lipinski definition) is 1. The Kier molecular flexibility index (Phi) is 8.34. The van der Waals surface area contributed by atoms with E-state index in [1.807, 2.05) is 43.3 Å². The first-order valence-electron chi connectivity index (χ1n) is 11.2. The van der Waals surface area contributed by atoms with Crippen LogP contribution in [0.2, 0.25) is 0 Å². The van der Waals surface area contributed by atoms with Crippen molar-refractivity contribution < 1.29 is 23.8 Å². The van der Waals surface area contributed by atoms with Gasteiger partial charge in [0.15, 0.2) is 0 Å². The quantitative estimate of drug-likeness (QED) is 0.609. The van der Waals surface area contributed by atoms with Gasteiger partial charge in [-0.15, -0.1) is 0 Å². The number of methoxy groups -OCH3 is 3. The van der Waals surface area contributed by atoms with Crippen molar-refractivity contribution in [2.75, 3.05) is 41.5 Å². The first-order valence-corrected chi connectivity index (χ1v) is 11.2. The minimum Gasteiger partial charge on any atom is -0.497 e. The van der Waals surface area contributed by atoms with Crippen LogP contribution >= 0.6 is 0 Å². The van der Waals surface area contributed by atoms with E-state index in [1.54, 1.807) is 34.4 Å². The number of hydrogen-bond acceptors (Lipinski definition) is 6. The summed E-state index contributed by atoms with van der Waals surface area (Å²) in [6.45, 7) is 2.40. The molecule has 3 rings (SSSR count). The molecule has 34 heavy (non-hydrogen) atoms. The molecule has 0 bridgehead atoms. The lowest BCUT2D eigenvalue weighted by Gasteiger charge is -2.26. The number of urea groups is 1. The lowest BCUT2D eigenvalue weighted by Crippen LogP contribution is -2.43. The van der Waals surface area contributed by atoms with E-state index in [9.17, 15) is 9.59 Å². The molecule has 0 aliphatic carbocycles. The molecule has 2 aromatic carbocycles. The summed E-state index contributed by atoms with van der Waals surface area (Å²) in [6, 6.07) is 12.3. The van der Waals surface area contributed by atoms with E-state index < -0.39 is 6.04 Å². The molecule has 0 radical (unpaired) electrons. The topological polar surface area (TPSA) is 92.7 Å². The van der Waals surface area contributed by atoms with Crippen LogP contribution in [0.3, 0.4) is 0 Å². The molecule has 0 fully saturated rings. The Morgan fingerprint density at radius 3 is 2.35 bits per heavy atom. The number of carbonyl (C=O) groups is 2. The molecule has 1 atom stereocenters. The average Bonchev–Trinajstić information content (AvgIpc) is 3.32. The maximum Gasteiger partial charge on any atom is 0.317 e. The number of carbonyl (C=O) groups excluding carboxylic acids is 2. The van der Waals surface area contributed by atoms with Crippen molar-refractivity contribution >= 4 is 17.6 Å². The minimum atomic E-state index is -0.415. The molecule has 0 aromatic heterocycles. The van der Waals surface area contributed by atoms with Gasteiger partial charge in [-0.3, -0.25) is 4.79 Å². The summed E-state index contributed by atoms with van der Waals surface area (Å²) in [4.78, 5) is 27.0. The highest BCUT2D eigenvalue weighted by molar-refractivity contribution is 6.03. The van der Waals surface area contributed by atoms with Gasteiger partial charge < -0.3 is 24.4 Å². The normalized spacial score (nSPS) is 14.9. The Morgan fingerprint density at radius 1 is 1.06 bits per heavy atom. The van der Waals surface area contributed by atoms with Gasteiger partial charge in [0.05, 0.1) is 33.1 Å². The van der Waals surface area contributed by atoms with Crippen molar-refractivity contribution in [1.29, 1.82) is 0 Å². The maximum atomic E-state index is 13.4. The van der Waals surface area contributed by atoms with Crippen LogP contribution in [0.15, 0.2) is 47.6 Å². The van der Waals surface area contributed by atoms with Crippen LogP contribution in [0.4, 0.5) is 4.79 Å².